The smallest absolute Gasteiger partial charge is 0.126 e. The Kier molecular flexibility index (Phi) is 3.97. The lowest BCUT2D eigenvalue weighted by Gasteiger charge is -1.97. The van der Waals surface area contributed by atoms with Crippen molar-refractivity contribution in [2.24, 2.45) is 5.92 Å². The van der Waals surface area contributed by atoms with Crippen LogP contribution in [0.3, 0.4) is 0 Å². The van der Waals surface area contributed by atoms with Crippen molar-refractivity contribution in [3.63, 3.8) is 0 Å². The number of carbonyl (C=O) groups excluding carboxylic acids is 1. The van der Waals surface area contributed by atoms with Gasteiger partial charge in [0.2, 0.25) is 0 Å². The zero-order valence-electron chi connectivity index (χ0n) is 7.81. The normalized spacial score (nSPS) is 13.0. The molecule has 1 atom stereocenters. The van der Waals surface area contributed by atoms with E-state index in [0.29, 0.717) is 0 Å². The molecule has 1 nitrogen and oxygen atoms in total. The van der Waals surface area contributed by atoms with Crippen LogP contribution in [0.2, 0.25) is 0 Å². The van der Waals surface area contributed by atoms with Gasteiger partial charge in [0.1, 0.15) is 6.29 Å². The summed E-state index contributed by atoms with van der Waals surface area (Å²) in [6, 6.07) is 10.00. The lowest BCUT2D eigenvalue weighted by Crippen LogP contribution is -1.93. The molecule has 0 aromatic heterocycles. The van der Waals surface area contributed by atoms with E-state index in [1.807, 2.05) is 49.4 Å². The van der Waals surface area contributed by atoms with Crippen LogP contribution in [0.1, 0.15) is 18.9 Å². The Balaban J connectivity index is 2.62. The third-order valence-electron chi connectivity index (χ3n) is 1.98. The van der Waals surface area contributed by atoms with E-state index in [0.717, 1.165) is 18.3 Å². The number of aldehydes is 1. The van der Waals surface area contributed by atoms with Crippen LogP contribution in [0, 0.1) is 5.92 Å². The summed E-state index contributed by atoms with van der Waals surface area (Å²) in [5.74, 6) is 0.0557. The van der Waals surface area contributed by atoms with Crippen LogP contribution in [0.25, 0.3) is 6.08 Å². The summed E-state index contributed by atoms with van der Waals surface area (Å²) in [6.07, 6.45) is 5.79. The largest absolute Gasteiger partial charge is 0.303 e. The molecule has 0 aliphatic rings. The molecule has 1 rings (SSSR count). The Morgan fingerprint density at radius 3 is 2.54 bits per heavy atom. The Labute approximate surface area is 79.1 Å². The van der Waals surface area contributed by atoms with Crippen molar-refractivity contribution in [2.75, 3.05) is 0 Å². The van der Waals surface area contributed by atoms with Crippen molar-refractivity contribution in [3.05, 3.63) is 42.0 Å². The molecule has 0 unspecified atom stereocenters. The molecule has 0 saturated carbocycles. The molecule has 13 heavy (non-hydrogen) atoms. The van der Waals surface area contributed by atoms with Crippen molar-refractivity contribution >= 4 is 12.4 Å². The van der Waals surface area contributed by atoms with Gasteiger partial charge in [0, 0.05) is 5.92 Å². The summed E-state index contributed by atoms with van der Waals surface area (Å²) in [6.45, 7) is 2.01. The highest BCUT2D eigenvalue weighted by molar-refractivity contribution is 5.61. The Morgan fingerprint density at radius 2 is 2.00 bits per heavy atom. The van der Waals surface area contributed by atoms with Crippen molar-refractivity contribution < 1.29 is 4.79 Å². The zero-order chi connectivity index (χ0) is 9.52. The number of benzene rings is 1. The van der Waals surface area contributed by atoms with E-state index in [1.54, 1.807) is 0 Å². The van der Waals surface area contributed by atoms with Gasteiger partial charge in [-0.1, -0.05) is 49.4 Å². The van der Waals surface area contributed by atoms with Gasteiger partial charge in [0.05, 0.1) is 0 Å². The highest BCUT2D eigenvalue weighted by Crippen LogP contribution is 2.06. The molecule has 1 aromatic carbocycles. The maximum absolute atomic E-state index is 10.5. The molecule has 68 valence electrons. The van der Waals surface area contributed by atoms with E-state index < -0.39 is 0 Å². The highest BCUT2D eigenvalue weighted by Gasteiger charge is 1.96. The van der Waals surface area contributed by atoms with Crippen molar-refractivity contribution in [3.8, 4) is 0 Å². The minimum atomic E-state index is 0.0557. The van der Waals surface area contributed by atoms with Crippen LogP contribution >= 0.6 is 0 Å². The number of allylic oxidation sites excluding steroid dienone is 1. The summed E-state index contributed by atoms with van der Waals surface area (Å²) >= 11 is 0. The second-order valence-electron chi connectivity index (χ2n) is 2.98. The predicted octanol–water partition coefficient (Wildman–Crippen LogP) is 2.92. The topological polar surface area (TPSA) is 17.1 Å². The lowest BCUT2D eigenvalue weighted by atomic mass is 10.1. The molecule has 0 N–H and O–H groups in total. The second kappa shape index (κ2) is 5.31. The van der Waals surface area contributed by atoms with E-state index in [1.165, 1.54) is 0 Å². The second-order valence-corrected chi connectivity index (χ2v) is 2.98. The SMILES string of the molecule is CC[C@H](C=O)/C=C/c1ccccc1. The van der Waals surface area contributed by atoms with Crippen LogP contribution in [-0.4, -0.2) is 6.29 Å². The Morgan fingerprint density at radius 1 is 1.31 bits per heavy atom. The monoisotopic (exact) mass is 174 g/mol. The van der Waals surface area contributed by atoms with Gasteiger partial charge in [-0.2, -0.15) is 0 Å². The summed E-state index contributed by atoms with van der Waals surface area (Å²) < 4.78 is 0. The summed E-state index contributed by atoms with van der Waals surface area (Å²) in [4.78, 5) is 10.5. The van der Waals surface area contributed by atoms with E-state index >= 15 is 0 Å². The standard InChI is InChI=1S/C12H14O/c1-2-11(10-13)8-9-12-6-4-3-5-7-12/h3-11H,2H2,1H3/b9-8+/t11-/m0/s1. The first-order valence-electron chi connectivity index (χ1n) is 4.55. The van der Waals surface area contributed by atoms with Gasteiger partial charge in [-0.25, -0.2) is 0 Å². The minimum absolute atomic E-state index is 0.0557. The van der Waals surface area contributed by atoms with Crippen LogP contribution in [0.5, 0.6) is 0 Å². The fourth-order valence-electron chi connectivity index (χ4n) is 1.08. The number of hydrogen-bond donors (Lipinski definition) is 0. The molecule has 0 heterocycles. The fourth-order valence-corrected chi connectivity index (χ4v) is 1.08. The minimum Gasteiger partial charge on any atom is -0.303 e. The molecule has 0 amide bonds. The van der Waals surface area contributed by atoms with Crippen LogP contribution in [-0.2, 0) is 4.79 Å². The first-order valence-corrected chi connectivity index (χ1v) is 4.55. The van der Waals surface area contributed by atoms with Gasteiger partial charge in [0.15, 0.2) is 0 Å². The van der Waals surface area contributed by atoms with Crippen molar-refractivity contribution in [2.45, 2.75) is 13.3 Å². The number of carbonyl (C=O) groups is 1. The average Bonchev–Trinajstić information content (AvgIpc) is 2.21. The van der Waals surface area contributed by atoms with Gasteiger partial charge in [-0.15, -0.1) is 0 Å². The molecule has 1 aromatic rings. The molecule has 0 radical (unpaired) electrons. The van der Waals surface area contributed by atoms with E-state index in [2.05, 4.69) is 0 Å². The van der Waals surface area contributed by atoms with E-state index in [9.17, 15) is 4.79 Å². The molecular weight excluding hydrogens is 160 g/mol. The predicted molar refractivity (Wildman–Crippen MR) is 55.3 cm³/mol. The van der Waals surface area contributed by atoms with Crippen molar-refractivity contribution in [1.29, 1.82) is 0 Å². The molecule has 0 spiro atoms. The molecule has 0 fully saturated rings. The molecule has 0 aliphatic carbocycles. The maximum Gasteiger partial charge on any atom is 0.126 e. The fraction of sp³-hybridized carbons (Fsp3) is 0.250. The van der Waals surface area contributed by atoms with Crippen LogP contribution in [0.15, 0.2) is 36.4 Å². The summed E-state index contributed by atoms with van der Waals surface area (Å²) in [5.41, 5.74) is 1.14. The third-order valence-corrected chi connectivity index (χ3v) is 1.98. The zero-order valence-corrected chi connectivity index (χ0v) is 7.81. The first-order chi connectivity index (χ1) is 6.36. The Bertz CT molecular complexity index is 274. The van der Waals surface area contributed by atoms with Crippen LogP contribution in [0.4, 0.5) is 0 Å². The summed E-state index contributed by atoms with van der Waals surface area (Å²) in [5, 5.41) is 0. The van der Waals surface area contributed by atoms with Gasteiger partial charge in [0.25, 0.3) is 0 Å². The summed E-state index contributed by atoms with van der Waals surface area (Å²) in [7, 11) is 0. The number of rotatable bonds is 4. The maximum atomic E-state index is 10.5. The van der Waals surface area contributed by atoms with Crippen molar-refractivity contribution in [1.82, 2.24) is 0 Å². The van der Waals surface area contributed by atoms with E-state index in [4.69, 9.17) is 0 Å². The van der Waals surface area contributed by atoms with Gasteiger partial charge < -0.3 is 4.79 Å². The quantitative estimate of drug-likeness (QED) is 0.641. The molecule has 0 bridgehead atoms. The average molecular weight is 174 g/mol. The molecule has 0 saturated heterocycles. The first kappa shape index (κ1) is 9.72. The van der Waals surface area contributed by atoms with Gasteiger partial charge in [-0.3, -0.25) is 0 Å². The Hall–Kier alpha value is -1.37. The van der Waals surface area contributed by atoms with Crippen LogP contribution < -0.4 is 0 Å². The number of hydrogen-bond acceptors (Lipinski definition) is 1. The molecular formula is C12H14O. The lowest BCUT2D eigenvalue weighted by molar-refractivity contribution is -0.109. The molecule has 0 aliphatic heterocycles. The van der Waals surface area contributed by atoms with Gasteiger partial charge in [-0.05, 0) is 12.0 Å². The highest BCUT2D eigenvalue weighted by atomic mass is 16.1. The molecule has 1 heteroatoms. The third kappa shape index (κ3) is 3.24. The van der Waals surface area contributed by atoms with E-state index in [-0.39, 0.29) is 5.92 Å². The van der Waals surface area contributed by atoms with Gasteiger partial charge >= 0.3 is 0 Å².